The molecule has 0 radical (unpaired) electrons. The number of likely N-dealkylation sites (tertiary alicyclic amines) is 1. The predicted octanol–water partition coefficient (Wildman–Crippen LogP) is 2.98. The average molecular weight is 383 g/mol. The molecule has 1 saturated heterocycles. The molecule has 9 heteroatoms. The van der Waals surface area contributed by atoms with Crippen molar-refractivity contribution in [3.63, 3.8) is 0 Å². The molecule has 3 rings (SSSR count). The zero-order valence-electron chi connectivity index (χ0n) is 15.1. The van der Waals surface area contributed by atoms with Gasteiger partial charge in [0.25, 0.3) is 5.69 Å². The average Bonchev–Trinajstić information content (AvgIpc) is 2.73. The van der Waals surface area contributed by atoms with Gasteiger partial charge < -0.3 is 10.2 Å². The van der Waals surface area contributed by atoms with Crippen molar-refractivity contribution in [2.45, 2.75) is 12.8 Å². The van der Waals surface area contributed by atoms with Crippen LogP contribution < -0.4 is 16.2 Å². The first-order valence-electron chi connectivity index (χ1n) is 8.95. The number of hydrazine groups is 1. The molecule has 2 aromatic rings. The Morgan fingerprint density at radius 2 is 1.79 bits per heavy atom. The van der Waals surface area contributed by atoms with E-state index in [0.29, 0.717) is 25.1 Å². The molecule has 1 fully saturated rings. The molecule has 28 heavy (non-hydrogen) atoms. The number of piperidine rings is 1. The van der Waals surface area contributed by atoms with Crippen molar-refractivity contribution in [1.29, 1.82) is 0 Å². The summed E-state index contributed by atoms with van der Waals surface area (Å²) in [6.45, 7) is 0.850. The Labute approximate surface area is 161 Å². The Kier molecular flexibility index (Phi) is 6.05. The van der Waals surface area contributed by atoms with E-state index in [4.69, 9.17) is 0 Å². The summed E-state index contributed by atoms with van der Waals surface area (Å²) in [5, 5.41) is 13.9. The fourth-order valence-corrected chi connectivity index (χ4v) is 3.07. The lowest BCUT2D eigenvalue weighted by Gasteiger charge is -2.32. The van der Waals surface area contributed by atoms with Crippen LogP contribution in [0.3, 0.4) is 0 Å². The topological polar surface area (TPSA) is 117 Å². The lowest BCUT2D eigenvalue weighted by molar-refractivity contribution is -0.384. The monoisotopic (exact) mass is 383 g/mol. The number of carbonyl (C=O) groups is 2. The molecule has 0 aromatic heterocycles. The summed E-state index contributed by atoms with van der Waals surface area (Å²) >= 11 is 0. The van der Waals surface area contributed by atoms with Gasteiger partial charge in [0.05, 0.1) is 10.8 Å². The second kappa shape index (κ2) is 8.85. The first-order chi connectivity index (χ1) is 13.5. The molecule has 0 unspecified atom stereocenters. The molecular formula is C19H21N5O4. The van der Waals surface area contributed by atoms with Crippen molar-refractivity contribution in [2.24, 2.45) is 5.92 Å². The van der Waals surface area contributed by atoms with Crippen LogP contribution in [0.25, 0.3) is 0 Å². The van der Waals surface area contributed by atoms with E-state index >= 15 is 0 Å². The lowest BCUT2D eigenvalue weighted by atomic mass is 9.98. The van der Waals surface area contributed by atoms with E-state index in [1.807, 2.05) is 18.2 Å². The minimum atomic E-state index is -0.523. The van der Waals surface area contributed by atoms with Crippen LogP contribution in [0, 0.1) is 16.0 Å². The molecule has 1 atom stereocenters. The second-order valence-corrected chi connectivity index (χ2v) is 6.47. The highest BCUT2D eigenvalue weighted by molar-refractivity contribution is 5.90. The van der Waals surface area contributed by atoms with Crippen molar-refractivity contribution in [1.82, 2.24) is 10.3 Å². The van der Waals surface area contributed by atoms with Gasteiger partial charge in [-0.1, -0.05) is 30.3 Å². The van der Waals surface area contributed by atoms with E-state index in [2.05, 4.69) is 16.2 Å². The van der Waals surface area contributed by atoms with Crippen LogP contribution in [0.5, 0.6) is 0 Å². The maximum absolute atomic E-state index is 12.5. The van der Waals surface area contributed by atoms with Gasteiger partial charge in [0.2, 0.25) is 5.91 Å². The van der Waals surface area contributed by atoms with E-state index in [1.54, 1.807) is 29.2 Å². The Balaban J connectivity index is 1.56. The maximum atomic E-state index is 12.5. The molecule has 0 saturated carbocycles. The summed E-state index contributed by atoms with van der Waals surface area (Å²) in [4.78, 5) is 37.0. The van der Waals surface area contributed by atoms with E-state index in [0.717, 1.165) is 0 Å². The van der Waals surface area contributed by atoms with Gasteiger partial charge in [-0.2, -0.15) is 0 Å². The largest absolute Gasteiger partial charge is 0.324 e. The van der Waals surface area contributed by atoms with E-state index in [1.165, 1.54) is 12.1 Å². The number of nitrogens with one attached hydrogen (secondary N) is 3. The number of urea groups is 1. The number of amides is 3. The van der Waals surface area contributed by atoms with Gasteiger partial charge in [0, 0.05) is 24.8 Å². The third-order valence-electron chi connectivity index (χ3n) is 4.53. The van der Waals surface area contributed by atoms with Crippen LogP contribution in [0.1, 0.15) is 12.8 Å². The van der Waals surface area contributed by atoms with Gasteiger partial charge in [-0.25, -0.2) is 4.79 Å². The van der Waals surface area contributed by atoms with Gasteiger partial charge in [0.15, 0.2) is 0 Å². The number of para-hydroxylation sites is 3. The van der Waals surface area contributed by atoms with Crippen molar-refractivity contribution in [2.75, 3.05) is 23.8 Å². The summed E-state index contributed by atoms with van der Waals surface area (Å²) in [5.74, 6) is -0.707. The van der Waals surface area contributed by atoms with Crippen LogP contribution in [-0.2, 0) is 4.79 Å². The Morgan fingerprint density at radius 1 is 1.07 bits per heavy atom. The fourth-order valence-electron chi connectivity index (χ4n) is 3.07. The molecule has 1 aliphatic heterocycles. The molecule has 0 aliphatic carbocycles. The molecule has 1 heterocycles. The van der Waals surface area contributed by atoms with E-state index < -0.39 is 10.8 Å². The SMILES string of the molecule is O=C(NNc1ccccc1[N+](=O)[O-])[C@H]1CCCN(C(=O)Nc2ccccc2)C1. The minimum Gasteiger partial charge on any atom is -0.324 e. The molecule has 146 valence electrons. The number of rotatable bonds is 5. The van der Waals surface area contributed by atoms with Crippen molar-refractivity contribution in [3.8, 4) is 0 Å². The molecule has 0 spiro atoms. The Bertz CT molecular complexity index is 858. The number of hydrogen-bond donors (Lipinski definition) is 3. The molecule has 0 bridgehead atoms. The van der Waals surface area contributed by atoms with Gasteiger partial charge >= 0.3 is 6.03 Å². The zero-order valence-corrected chi connectivity index (χ0v) is 15.1. The quantitative estimate of drug-likeness (QED) is 0.542. The van der Waals surface area contributed by atoms with Crippen LogP contribution in [0.4, 0.5) is 21.9 Å². The number of anilines is 2. The Hall–Kier alpha value is -3.62. The number of nitrogens with zero attached hydrogens (tertiary/aromatic N) is 2. The minimum absolute atomic E-state index is 0.129. The van der Waals surface area contributed by atoms with Crippen molar-refractivity contribution < 1.29 is 14.5 Å². The number of nitro benzene ring substituents is 1. The number of nitro groups is 1. The first-order valence-corrected chi connectivity index (χ1v) is 8.95. The first kappa shape index (κ1) is 19.2. The smallest absolute Gasteiger partial charge is 0.321 e. The zero-order chi connectivity index (χ0) is 19.9. The third-order valence-corrected chi connectivity index (χ3v) is 4.53. The molecule has 3 N–H and O–H groups in total. The number of benzene rings is 2. The van der Waals surface area contributed by atoms with Crippen LogP contribution in [-0.4, -0.2) is 34.9 Å². The van der Waals surface area contributed by atoms with Gasteiger partial charge in [-0.05, 0) is 31.0 Å². The van der Waals surface area contributed by atoms with E-state index in [-0.39, 0.29) is 29.9 Å². The van der Waals surface area contributed by atoms with Crippen LogP contribution >= 0.6 is 0 Å². The molecule has 2 aromatic carbocycles. The summed E-state index contributed by atoms with van der Waals surface area (Å²) in [5.41, 5.74) is 5.90. The van der Waals surface area contributed by atoms with Gasteiger partial charge in [-0.3, -0.25) is 25.8 Å². The normalized spacial score (nSPS) is 16.1. The highest BCUT2D eigenvalue weighted by atomic mass is 16.6. The van der Waals surface area contributed by atoms with Gasteiger partial charge in [0.1, 0.15) is 5.69 Å². The molecule has 3 amide bonds. The Morgan fingerprint density at radius 3 is 2.54 bits per heavy atom. The van der Waals surface area contributed by atoms with Crippen LogP contribution in [0.15, 0.2) is 54.6 Å². The standard InChI is InChI=1S/C19H21N5O4/c25-18(22-21-16-10-4-5-11-17(16)24(27)28)14-7-6-12-23(13-14)19(26)20-15-8-2-1-3-9-15/h1-5,8-11,14,21H,6-7,12-13H2,(H,20,26)(H,22,25)/t14-/m0/s1. The molecular weight excluding hydrogens is 362 g/mol. The summed E-state index contributed by atoms with van der Waals surface area (Å²) in [6, 6.07) is 14.9. The summed E-state index contributed by atoms with van der Waals surface area (Å²) in [6.07, 6.45) is 1.34. The van der Waals surface area contributed by atoms with Crippen molar-refractivity contribution in [3.05, 3.63) is 64.7 Å². The number of hydrogen-bond acceptors (Lipinski definition) is 5. The molecule has 1 aliphatic rings. The van der Waals surface area contributed by atoms with E-state index in [9.17, 15) is 19.7 Å². The fraction of sp³-hybridized carbons (Fsp3) is 0.263. The predicted molar refractivity (Wildman–Crippen MR) is 105 cm³/mol. The van der Waals surface area contributed by atoms with Gasteiger partial charge in [-0.15, -0.1) is 0 Å². The van der Waals surface area contributed by atoms with Crippen LogP contribution in [0.2, 0.25) is 0 Å². The lowest BCUT2D eigenvalue weighted by Crippen LogP contribution is -2.47. The third kappa shape index (κ3) is 4.76. The maximum Gasteiger partial charge on any atom is 0.321 e. The summed E-state index contributed by atoms with van der Waals surface area (Å²) < 4.78 is 0. The molecule has 9 nitrogen and oxygen atoms in total. The second-order valence-electron chi connectivity index (χ2n) is 6.47. The highest BCUT2D eigenvalue weighted by Gasteiger charge is 2.28. The number of carbonyl (C=O) groups excluding carboxylic acids is 2. The highest BCUT2D eigenvalue weighted by Crippen LogP contribution is 2.23. The van der Waals surface area contributed by atoms with Crippen molar-refractivity contribution >= 4 is 29.0 Å². The summed E-state index contributed by atoms with van der Waals surface area (Å²) in [7, 11) is 0.